The molecule has 0 radical (unpaired) electrons. The molecule has 0 spiro atoms. The number of benzene rings is 1. The fourth-order valence-electron chi connectivity index (χ4n) is 8.27. The molecule has 7 heteroatoms. The van der Waals surface area contributed by atoms with Crippen molar-refractivity contribution in [2.24, 2.45) is 17.6 Å². The first-order valence-corrected chi connectivity index (χ1v) is 15.4. The van der Waals surface area contributed by atoms with E-state index in [0.29, 0.717) is 32.1 Å². The molecule has 3 atom stereocenters. The van der Waals surface area contributed by atoms with Crippen LogP contribution in [-0.4, -0.2) is 77.5 Å². The number of carbonyl (C=O) groups excluding carboxylic acids is 2. The number of carbonyl (C=O) groups is 2. The Kier molecular flexibility index (Phi) is 7.29. The van der Waals surface area contributed by atoms with Crippen LogP contribution in [0.2, 0.25) is 0 Å². The number of nitrogens with one attached hydrogen (secondary N) is 1. The molecule has 5 aliphatic rings. The zero-order chi connectivity index (χ0) is 26.3. The number of amides is 2. The van der Waals surface area contributed by atoms with Gasteiger partial charge in [-0.3, -0.25) is 15.0 Å². The minimum absolute atomic E-state index is 0.0592. The quantitative estimate of drug-likeness (QED) is 0.628. The van der Waals surface area contributed by atoms with Crippen molar-refractivity contribution in [1.29, 1.82) is 0 Å². The highest BCUT2D eigenvalue weighted by Crippen LogP contribution is 2.53. The van der Waals surface area contributed by atoms with Crippen LogP contribution in [0, 0.1) is 11.8 Å². The summed E-state index contributed by atoms with van der Waals surface area (Å²) in [5.74, 6) is 2.20. The molecule has 2 amide bonds. The molecular formula is C31H47N5O2. The second-order valence-electron chi connectivity index (χ2n) is 13.0. The zero-order valence-corrected chi connectivity index (χ0v) is 23.3. The molecule has 6 rings (SSSR count). The molecule has 5 fully saturated rings. The van der Waals surface area contributed by atoms with Gasteiger partial charge in [-0.25, -0.2) is 5.01 Å². The van der Waals surface area contributed by atoms with E-state index >= 15 is 0 Å². The van der Waals surface area contributed by atoms with Gasteiger partial charge in [0.2, 0.25) is 5.91 Å². The SMILES string of the molecule is CN1NCC2CCC(c3ccc(C(=O)N4CCN(C(=O)C5(N)CC5)CC4)cc3)CC21C1CCCCCCC1. The Balaban J connectivity index is 1.11. The lowest BCUT2D eigenvalue weighted by atomic mass is 9.60. The lowest BCUT2D eigenvalue weighted by Crippen LogP contribution is -2.56. The van der Waals surface area contributed by atoms with Crippen molar-refractivity contribution in [3.05, 3.63) is 35.4 Å². The van der Waals surface area contributed by atoms with Gasteiger partial charge in [-0.05, 0) is 80.4 Å². The molecule has 7 nitrogen and oxygen atoms in total. The zero-order valence-electron chi connectivity index (χ0n) is 23.3. The Morgan fingerprint density at radius 2 is 1.47 bits per heavy atom. The second-order valence-corrected chi connectivity index (χ2v) is 13.0. The first kappa shape index (κ1) is 26.3. The third kappa shape index (κ3) is 4.79. The van der Waals surface area contributed by atoms with E-state index in [4.69, 9.17) is 5.73 Å². The van der Waals surface area contributed by atoms with E-state index in [0.717, 1.165) is 36.8 Å². The Morgan fingerprint density at radius 3 is 2.13 bits per heavy atom. The Morgan fingerprint density at radius 1 is 0.842 bits per heavy atom. The van der Waals surface area contributed by atoms with Crippen molar-refractivity contribution < 1.29 is 9.59 Å². The minimum atomic E-state index is -0.626. The van der Waals surface area contributed by atoms with Gasteiger partial charge in [-0.2, -0.15) is 0 Å². The monoisotopic (exact) mass is 521 g/mol. The maximum absolute atomic E-state index is 13.3. The van der Waals surface area contributed by atoms with Gasteiger partial charge in [-0.1, -0.05) is 44.2 Å². The highest BCUT2D eigenvalue weighted by molar-refractivity contribution is 5.94. The van der Waals surface area contributed by atoms with Gasteiger partial charge in [0.05, 0.1) is 5.54 Å². The Hall–Kier alpha value is -1.96. The summed E-state index contributed by atoms with van der Waals surface area (Å²) in [7, 11) is 2.30. The Labute approximate surface area is 228 Å². The van der Waals surface area contributed by atoms with Crippen molar-refractivity contribution in [1.82, 2.24) is 20.2 Å². The molecule has 2 aliphatic heterocycles. The third-order valence-electron chi connectivity index (χ3n) is 10.9. The molecule has 0 aromatic heterocycles. The van der Waals surface area contributed by atoms with Gasteiger partial charge in [0.15, 0.2) is 0 Å². The second kappa shape index (κ2) is 10.5. The molecule has 1 aromatic carbocycles. The van der Waals surface area contributed by atoms with E-state index in [1.807, 2.05) is 21.9 Å². The summed E-state index contributed by atoms with van der Waals surface area (Å²) in [5, 5.41) is 2.52. The topological polar surface area (TPSA) is 81.9 Å². The molecule has 2 heterocycles. The first-order chi connectivity index (χ1) is 18.4. The van der Waals surface area contributed by atoms with Crippen LogP contribution in [0.25, 0.3) is 0 Å². The van der Waals surface area contributed by atoms with Crippen molar-refractivity contribution >= 4 is 11.8 Å². The molecule has 3 N–H and O–H groups in total. The van der Waals surface area contributed by atoms with E-state index in [1.165, 1.54) is 69.8 Å². The molecule has 208 valence electrons. The van der Waals surface area contributed by atoms with Gasteiger partial charge >= 0.3 is 0 Å². The van der Waals surface area contributed by atoms with Crippen LogP contribution in [0.3, 0.4) is 0 Å². The molecule has 2 saturated heterocycles. The van der Waals surface area contributed by atoms with Crippen molar-refractivity contribution in [3.63, 3.8) is 0 Å². The Bertz CT molecular complexity index is 1010. The molecule has 3 aliphatic carbocycles. The van der Waals surface area contributed by atoms with Crippen LogP contribution < -0.4 is 11.2 Å². The van der Waals surface area contributed by atoms with Crippen LogP contribution in [0.1, 0.15) is 98.9 Å². The number of fused-ring (bicyclic) bond motifs is 1. The van der Waals surface area contributed by atoms with Gasteiger partial charge in [0.25, 0.3) is 5.91 Å². The third-order valence-corrected chi connectivity index (χ3v) is 10.9. The number of hydrogen-bond donors (Lipinski definition) is 2. The number of nitrogens with zero attached hydrogens (tertiary/aromatic N) is 3. The molecule has 1 aromatic rings. The molecular weight excluding hydrogens is 474 g/mol. The van der Waals surface area contributed by atoms with Crippen LogP contribution in [-0.2, 0) is 4.79 Å². The predicted octanol–water partition coefficient (Wildman–Crippen LogP) is 3.90. The maximum atomic E-state index is 13.3. The highest BCUT2D eigenvalue weighted by Gasteiger charge is 2.54. The van der Waals surface area contributed by atoms with Crippen LogP contribution >= 0.6 is 0 Å². The summed E-state index contributed by atoms with van der Waals surface area (Å²) in [6.07, 6.45) is 15.0. The fourth-order valence-corrected chi connectivity index (χ4v) is 8.27. The summed E-state index contributed by atoms with van der Waals surface area (Å²) in [4.78, 5) is 29.6. The summed E-state index contributed by atoms with van der Waals surface area (Å²) in [5.41, 5.74) is 11.6. The van der Waals surface area contributed by atoms with Crippen LogP contribution in [0.4, 0.5) is 0 Å². The highest BCUT2D eigenvalue weighted by atomic mass is 16.2. The van der Waals surface area contributed by atoms with E-state index in [-0.39, 0.29) is 17.4 Å². The summed E-state index contributed by atoms with van der Waals surface area (Å²) < 4.78 is 0. The number of nitrogens with two attached hydrogens (primary N) is 1. The van der Waals surface area contributed by atoms with E-state index in [1.54, 1.807) is 0 Å². The van der Waals surface area contributed by atoms with Gasteiger partial charge in [0.1, 0.15) is 0 Å². The van der Waals surface area contributed by atoms with Crippen molar-refractivity contribution in [2.75, 3.05) is 39.8 Å². The van der Waals surface area contributed by atoms with Crippen molar-refractivity contribution in [3.8, 4) is 0 Å². The number of hydrazine groups is 1. The number of rotatable bonds is 4. The van der Waals surface area contributed by atoms with Gasteiger partial charge in [0, 0.05) is 50.9 Å². The van der Waals surface area contributed by atoms with E-state index in [9.17, 15) is 9.59 Å². The van der Waals surface area contributed by atoms with Crippen LogP contribution in [0.15, 0.2) is 24.3 Å². The lowest BCUT2D eigenvalue weighted by molar-refractivity contribution is -0.135. The average molecular weight is 522 g/mol. The number of hydrogen-bond acceptors (Lipinski definition) is 5. The maximum Gasteiger partial charge on any atom is 0.253 e. The molecule has 3 unspecified atom stereocenters. The van der Waals surface area contributed by atoms with Gasteiger partial charge < -0.3 is 15.5 Å². The van der Waals surface area contributed by atoms with E-state index in [2.05, 4.69) is 29.6 Å². The molecule has 0 bridgehead atoms. The molecule has 38 heavy (non-hydrogen) atoms. The normalized spacial score (nSPS) is 32.4. The van der Waals surface area contributed by atoms with Crippen LogP contribution in [0.5, 0.6) is 0 Å². The lowest BCUT2D eigenvalue weighted by Gasteiger charge is -2.51. The fraction of sp³-hybridized carbons (Fsp3) is 0.742. The summed E-state index contributed by atoms with van der Waals surface area (Å²) in [6.45, 7) is 3.44. The van der Waals surface area contributed by atoms with E-state index < -0.39 is 5.54 Å². The smallest absolute Gasteiger partial charge is 0.253 e. The number of piperazine rings is 1. The average Bonchev–Trinajstić information content (AvgIpc) is 3.60. The minimum Gasteiger partial charge on any atom is -0.338 e. The molecule has 3 saturated carbocycles. The summed E-state index contributed by atoms with van der Waals surface area (Å²) >= 11 is 0. The summed E-state index contributed by atoms with van der Waals surface area (Å²) in [6, 6.07) is 8.52. The first-order valence-electron chi connectivity index (χ1n) is 15.4. The largest absolute Gasteiger partial charge is 0.338 e. The van der Waals surface area contributed by atoms with Gasteiger partial charge in [-0.15, -0.1) is 0 Å². The standard InChI is InChI=1S/C31H47N5O2/c1-34-31(26-7-5-3-2-4-6-8-26)21-25(13-14-27(31)22-33-34)23-9-11-24(12-10-23)28(37)35-17-19-36(20-18-35)29(38)30(32)15-16-30/h9-12,25-27,33H,2-8,13-22,32H2,1H3. The van der Waals surface area contributed by atoms with Crippen molar-refractivity contribution in [2.45, 2.75) is 94.0 Å². The predicted molar refractivity (Wildman–Crippen MR) is 149 cm³/mol.